The number of hydrogen-bond acceptors (Lipinski definition) is 4. The van der Waals surface area contributed by atoms with Crippen LogP contribution in [0.4, 0.5) is 0 Å². The third kappa shape index (κ3) is 4.43. The van der Waals surface area contributed by atoms with Gasteiger partial charge in [-0.3, -0.25) is 14.3 Å². The SMILES string of the molecule is O=C(Cn1cc(C(=O)NCc2ncc[nH]2)cn1)NC1CCCCC1. The molecule has 0 aromatic carbocycles. The van der Waals surface area contributed by atoms with E-state index in [1.54, 1.807) is 18.6 Å². The molecule has 0 spiro atoms. The summed E-state index contributed by atoms with van der Waals surface area (Å²) in [5.41, 5.74) is 0.423. The molecule has 2 amide bonds. The molecule has 0 radical (unpaired) electrons. The topological polar surface area (TPSA) is 105 Å². The van der Waals surface area contributed by atoms with Crippen molar-refractivity contribution in [3.63, 3.8) is 0 Å². The van der Waals surface area contributed by atoms with Gasteiger partial charge < -0.3 is 15.6 Å². The number of nitrogens with one attached hydrogen (secondary N) is 3. The fraction of sp³-hybridized carbons (Fsp3) is 0.500. The third-order valence-corrected chi connectivity index (χ3v) is 4.14. The van der Waals surface area contributed by atoms with Gasteiger partial charge in [-0.05, 0) is 12.8 Å². The van der Waals surface area contributed by atoms with Crippen molar-refractivity contribution in [3.05, 3.63) is 36.2 Å². The third-order valence-electron chi connectivity index (χ3n) is 4.14. The van der Waals surface area contributed by atoms with Gasteiger partial charge in [0.25, 0.3) is 5.91 Å². The van der Waals surface area contributed by atoms with Crippen LogP contribution >= 0.6 is 0 Å². The Bertz CT molecular complexity index is 673. The number of aromatic amines is 1. The first-order chi connectivity index (χ1) is 11.7. The van der Waals surface area contributed by atoms with Crippen molar-refractivity contribution in [1.29, 1.82) is 0 Å². The van der Waals surface area contributed by atoms with E-state index in [9.17, 15) is 9.59 Å². The summed E-state index contributed by atoms with van der Waals surface area (Å²) < 4.78 is 1.49. The van der Waals surface area contributed by atoms with Crippen molar-refractivity contribution in [1.82, 2.24) is 30.4 Å². The number of H-pyrrole nitrogens is 1. The highest BCUT2D eigenvalue weighted by molar-refractivity contribution is 5.93. The van der Waals surface area contributed by atoms with Crippen LogP contribution in [-0.2, 0) is 17.9 Å². The van der Waals surface area contributed by atoms with E-state index < -0.39 is 0 Å². The lowest BCUT2D eigenvalue weighted by Gasteiger charge is -2.22. The zero-order chi connectivity index (χ0) is 16.8. The van der Waals surface area contributed by atoms with Crippen LogP contribution in [0.25, 0.3) is 0 Å². The monoisotopic (exact) mass is 330 g/mol. The van der Waals surface area contributed by atoms with Gasteiger partial charge in [0.1, 0.15) is 12.4 Å². The minimum atomic E-state index is -0.245. The highest BCUT2D eigenvalue weighted by Gasteiger charge is 2.16. The van der Waals surface area contributed by atoms with Gasteiger partial charge in [0.15, 0.2) is 0 Å². The van der Waals surface area contributed by atoms with Crippen molar-refractivity contribution in [2.75, 3.05) is 0 Å². The molecule has 0 aliphatic heterocycles. The average Bonchev–Trinajstić information content (AvgIpc) is 3.25. The van der Waals surface area contributed by atoms with Crippen LogP contribution in [-0.4, -0.2) is 37.6 Å². The lowest BCUT2D eigenvalue weighted by atomic mass is 9.95. The molecule has 0 saturated heterocycles. The number of carbonyl (C=O) groups is 2. The van der Waals surface area contributed by atoms with E-state index in [-0.39, 0.29) is 24.4 Å². The standard InChI is InChI=1S/C16H22N6O2/c23-15(21-13-4-2-1-3-5-13)11-22-10-12(8-20-22)16(24)19-9-14-17-6-7-18-14/h6-8,10,13H,1-5,9,11H2,(H,17,18)(H,19,24)(H,21,23). The Morgan fingerprint density at radius 2 is 2.12 bits per heavy atom. The maximum absolute atomic E-state index is 12.1. The molecule has 2 heterocycles. The summed E-state index contributed by atoms with van der Waals surface area (Å²) in [5.74, 6) is 0.375. The number of hydrogen-bond donors (Lipinski definition) is 3. The van der Waals surface area contributed by atoms with Crippen LogP contribution in [0.2, 0.25) is 0 Å². The van der Waals surface area contributed by atoms with Crippen molar-refractivity contribution < 1.29 is 9.59 Å². The van der Waals surface area contributed by atoms with E-state index in [0.29, 0.717) is 17.9 Å². The maximum Gasteiger partial charge on any atom is 0.254 e. The fourth-order valence-corrected chi connectivity index (χ4v) is 2.90. The molecule has 8 nitrogen and oxygen atoms in total. The fourth-order valence-electron chi connectivity index (χ4n) is 2.90. The van der Waals surface area contributed by atoms with Crippen LogP contribution in [0.1, 0.15) is 48.3 Å². The predicted octanol–water partition coefficient (Wildman–Crippen LogP) is 0.985. The second kappa shape index (κ2) is 7.76. The molecule has 1 fully saturated rings. The molecule has 3 rings (SSSR count). The molecule has 0 atom stereocenters. The zero-order valence-electron chi connectivity index (χ0n) is 13.5. The molecule has 2 aromatic heterocycles. The molecule has 0 unspecified atom stereocenters. The quantitative estimate of drug-likeness (QED) is 0.734. The van der Waals surface area contributed by atoms with Gasteiger partial charge in [0.2, 0.25) is 5.91 Å². The van der Waals surface area contributed by atoms with E-state index in [1.807, 2.05) is 0 Å². The van der Waals surface area contributed by atoms with Crippen LogP contribution in [0.5, 0.6) is 0 Å². The molecule has 2 aromatic rings. The number of amides is 2. The van der Waals surface area contributed by atoms with Crippen LogP contribution in [0, 0.1) is 0 Å². The zero-order valence-corrected chi connectivity index (χ0v) is 13.5. The van der Waals surface area contributed by atoms with Crippen molar-refractivity contribution in [3.8, 4) is 0 Å². The Balaban J connectivity index is 1.47. The molecule has 1 aliphatic rings. The molecule has 1 saturated carbocycles. The van der Waals surface area contributed by atoms with E-state index in [4.69, 9.17) is 0 Å². The summed E-state index contributed by atoms with van der Waals surface area (Å²) >= 11 is 0. The van der Waals surface area contributed by atoms with Gasteiger partial charge in [0.05, 0.1) is 18.3 Å². The lowest BCUT2D eigenvalue weighted by molar-refractivity contribution is -0.122. The van der Waals surface area contributed by atoms with Crippen LogP contribution < -0.4 is 10.6 Å². The minimum absolute atomic E-state index is 0.0625. The van der Waals surface area contributed by atoms with E-state index >= 15 is 0 Å². The summed E-state index contributed by atoms with van der Waals surface area (Å²) in [6.45, 7) is 0.446. The predicted molar refractivity (Wildman–Crippen MR) is 87.0 cm³/mol. The molecule has 1 aliphatic carbocycles. The van der Waals surface area contributed by atoms with Gasteiger partial charge in [-0.2, -0.15) is 5.10 Å². The minimum Gasteiger partial charge on any atom is -0.352 e. The summed E-state index contributed by atoms with van der Waals surface area (Å²) in [6, 6.07) is 0.276. The number of rotatable bonds is 6. The second-order valence-corrected chi connectivity index (χ2v) is 6.05. The molecule has 8 heteroatoms. The van der Waals surface area contributed by atoms with Crippen molar-refractivity contribution >= 4 is 11.8 Å². The number of carbonyl (C=O) groups excluding carboxylic acids is 2. The van der Waals surface area contributed by atoms with E-state index in [1.165, 1.54) is 30.1 Å². The van der Waals surface area contributed by atoms with Gasteiger partial charge in [-0.15, -0.1) is 0 Å². The molecule has 128 valence electrons. The first kappa shape index (κ1) is 16.2. The number of nitrogens with zero attached hydrogens (tertiary/aromatic N) is 3. The lowest BCUT2D eigenvalue weighted by Crippen LogP contribution is -2.38. The Kier molecular flexibility index (Phi) is 5.25. The van der Waals surface area contributed by atoms with E-state index in [0.717, 1.165) is 12.8 Å². The first-order valence-electron chi connectivity index (χ1n) is 8.29. The Labute approximate surface area is 140 Å². The number of imidazole rings is 1. The van der Waals surface area contributed by atoms with Gasteiger partial charge in [-0.25, -0.2) is 4.98 Å². The maximum atomic E-state index is 12.1. The Morgan fingerprint density at radius 3 is 2.88 bits per heavy atom. The smallest absolute Gasteiger partial charge is 0.254 e. The normalized spacial score (nSPS) is 15.2. The Morgan fingerprint density at radius 1 is 1.29 bits per heavy atom. The van der Waals surface area contributed by atoms with Crippen LogP contribution in [0.3, 0.4) is 0 Å². The van der Waals surface area contributed by atoms with E-state index in [2.05, 4.69) is 25.7 Å². The highest BCUT2D eigenvalue weighted by Crippen LogP contribution is 2.17. The summed E-state index contributed by atoms with van der Waals surface area (Å²) in [7, 11) is 0. The first-order valence-corrected chi connectivity index (χ1v) is 8.29. The molecule has 0 bridgehead atoms. The van der Waals surface area contributed by atoms with Crippen molar-refractivity contribution in [2.45, 2.75) is 51.2 Å². The van der Waals surface area contributed by atoms with Gasteiger partial charge in [0, 0.05) is 24.6 Å². The number of aromatic nitrogens is 4. The average molecular weight is 330 g/mol. The molecule has 3 N–H and O–H groups in total. The summed E-state index contributed by atoms with van der Waals surface area (Å²) in [4.78, 5) is 31.1. The van der Waals surface area contributed by atoms with Gasteiger partial charge >= 0.3 is 0 Å². The largest absolute Gasteiger partial charge is 0.352 e. The summed E-state index contributed by atoms with van der Waals surface area (Å²) in [6.07, 6.45) is 12.1. The Hall–Kier alpha value is -2.64. The highest BCUT2D eigenvalue weighted by atomic mass is 16.2. The molecular formula is C16H22N6O2. The van der Waals surface area contributed by atoms with Crippen molar-refractivity contribution in [2.24, 2.45) is 0 Å². The second-order valence-electron chi connectivity index (χ2n) is 6.05. The van der Waals surface area contributed by atoms with Gasteiger partial charge in [-0.1, -0.05) is 19.3 Å². The van der Waals surface area contributed by atoms with Crippen LogP contribution in [0.15, 0.2) is 24.8 Å². The molecule has 24 heavy (non-hydrogen) atoms. The summed E-state index contributed by atoms with van der Waals surface area (Å²) in [5, 5.41) is 9.87. The molecular weight excluding hydrogens is 308 g/mol.